The quantitative estimate of drug-likeness (QED) is 0.346. The van der Waals surface area contributed by atoms with Gasteiger partial charge in [-0.2, -0.15) is 0 Å². The normalized spacial score (nSPS) is 21.0. The highest BCUT2D eigenvalue weighted by Gasteiger charge is 2.31. The van der Waals surface area contributed by atoms with Crippen LogP contribution in [0.3, 0.4) is 0 Å². The zero-order valence-corrected chi connectivity index (χ0v) is 23.7. The number of nitrogens with zero attached hydrogens (tertiary/aromatic N) is 1. The van der Waals surface area contributed by atoms with E-state index < -0.39 is 0 Å². The van der Waals surface area contributed by atoms with Crippen molar-refractivity contribution in [1.29, 1.82) is 0 Å². The molecule has 9 heteroatoms. The first-order valence-corrected chi connectivity index (χ1v) is 14.4. The predicted molar refractivity (Wildman–Crippen MR) is 156 cm³/mol. The largest absolute Gasteiger partial charge is 0.351 e. The molecule has 38 heavy (non-hydrogen) atoms. The van der Waals surface area contributed by atoms with E-state index in [2.05, 4.69) is 16.0 Å². The Morgan fingerprint density at radius 1 is 0.947 bits per heavy atom. The first-order valence-electron chi connectivity index (χ1n) is 13.3. The summed E-state index contributed by atoms with van der Waals surface area (Å²) in [5.41, 5.74) is 1.79. The number of carbonyl (C=O) groups excluding carboxylic acids is 2. The number of amides is 2. The van der Waals surface area contributed by atoms with Gasteiger partial charge in [0.2, 0.25) is 11.8 Å². The monoisotopic (exact) mass is 576 g/mol. The van der Waals surface area contributed by atoms with E-state index in [1.54, 1.807) is 24.3 Å². The van der Waals surface area contributed by atoms with Crippen molar-refractivity contribution in [2.24, 2.45) is 0 Å². The van der Waals surface area contributed by atoms with Gasteiger partial charge in [0.1, 0.15) is 0 Å². The van der Waals surface area contributed by atoms with E-state index >= 15 is 0 Å². The van der Waals surface area contributed by atoms with Crippen molar-refractivity contribution < 1.29 is 9.59 Å². The molecule has 0 bridgehead atoms. The second-order valence-electron chi connectivity index (χ2n) is 10.1. The van der Waals surface area contributed by atoms with Crippen molar-refractivity contribution in [2.45, 2.75) is 63.2 Å². The number of hydrogen-bond donors (Lipinski definition) is 3. The highest BCUT2D eigenvalue weighted by molar-refractivity contribution is 6.34. The van der Waals surface area contributed by atoms with E-state index in [0.29, 0.717) is 53.7 Å². The molecule has 1 saturated carbocycles. The lowest BCUT2D eigenvalue weighted by atomic mass is 9.95. The fourth-order valence-corrected chi connectivity index (χ4v) is 5.79. The van der Waals surface area contributed by atoms with E-state index in [4.69, 9.17) is 34.8 Å². The molecule has 0 unspecified atom stereocenters. The lowest BCUT2D eigenvalue weighted by Crippen LogP contribution is -2.54. The van der Waals surface area contributed by atoms with Crippen molar-refractivity contribution in [3.63, 3.8) is 0 Å². The molecule has 0 aromatic heterocycles. The van der Waals surface area contributed by atoms with Crippen LogP contribution in [0.15, 0.2) is 48.5 Å². The number of rotatable bonds is 9. The Kier molecular flexibility index (Phi) is 10.9. The summed E-state index contributed by atoms with van der Waals surface area (Å²) in [5.74, 6) is -0.138. The number of carbonyl (C=O) groups is 2. The summed E-state index contributed by atoms with van der Waals surface area (Å²) >= 11 is 18.3. The molecule has 1 aliphatic heterocycles. The van der Waals surface area contributed by atoms with Crippen molar-refractivity contribution >= 4 is 52.7 Å². The zero-order chi connectivity index (χ0) is 26.9. The summed E-state index contributed by atoms with van der Waals surface area (Å²) in [6.45, 7) is 1.98. The van der Waals surface area contributed by atoms with Crippen molar-refractivity contribution in [1.82, 2.24) is 20.9 Å². The molecule has 204 valence electrons. The highest BCUT2D eigenvalue weighted by atomic mass is 35.5. The molecule has 2 aromatic rings. The standard InChI is InChI=1S/C29H35Cl3N4O2/c30-22-9-6-20(7-10-22)8-11-28(37)34-17-26-12-13-36(19-21-14-23(31)16-24(32)15-21)29(38)27(35-26)18-33-25-4-2-1-3-5-25/h6-11,14-16,25-27,33,35H,1-5,12-13,17-19H2,(H,34,37)/t26-,27-/m0/s1. The molecule has 2 aliphatic rings. The third kappa shape index (κ3) is 8.99. The van der Waals surface area contributed by atoms with E-state index in [1.165, 1.54) is 25.3 Å². The molecular weight excluding hydrogens is 543 g/mol. The lowest BCUT2D eigenvalue weighted by molar-refractivity contribution is -0.133. The molecule has 1 saturated heterocycles. The van der Waals surface area contributed by atoms with E-state index in [0.717, 1.165) is 24.0 Å². The summed E-state index contributed by atoms with van der Waals surface area (Å²) in [6, 6.07) is 12.7. The molecule has 2 fully saturated rings. The molecule has 2 amide bonds. The average molecular weight is 578 g/mol. The Morgan fingerprint density at radius 3 is 2.37 bits per heavy atom. The average Bonchev–Trinajstić information content (AvgIpc) is 3.04. The van der Waals surface area contributed by atoms with Gasteiger partial charge >= 0.3 is 0 Å². The van der Waals surface area contributed by atoms with E-state index in [9.17, 15) is 9.59 Å². The Balaban J connectivity index is 1.39. The molecule has 2 aromatic carbocycles. The van der Waals surface area contributed by atoms with Gasteiger partial charge in [0.25, 0.3) is 0 Å². The topological polar surface area (TPSA) is 73.5 Å². The molecule has 0 radical (unpaired) electrons. The van der Waals surface area contributed by atoms with Crippen LogP contribution >= 0.6 is 34.8 Å². The van der Waals surface area contributed by atoms with Crippen LogP contribution in [0.4, 0.5) is 0 Å². The Labute approximate surface area is 240 Å². The molecule has 1 aliphatic carbocycles. The Hall–Kier alpha value is -2.09. The van der Waals surface area contributed by atoms with Crippen LogP contribution in [0, 0.1) is 0 Å². The number of benzene rings is 2. The number of nitrogens with one attached hydrogen (secondary N) is 3. The highest BCUT2D eigenvalue weighted by Crippen LogP contribution is 2.22. The van der Waals surface area contributed by atoms with Crippen LogP contribution in [0.5, 0.6) is 0 Å². The van der Waals surface area contributed by atoms with E-state index in [-0.39, 0.29) is 23.9 Å². The molecule has 3 N–H and O–H groups in total. The van der Waals surface area contributed by atoms with Gasteiger partial charge in [-0.05, 0) is 66.8 Å². The number of hydrogen-bond acceptors (Lipinski definition) is 4. The van der Waals surface area contributed by atoms with Crippen LogP contribution in [0.2, 0.25) is 15.1 Å². The van der Waals surface area contributed by atoms with Gasteiger partial charge in [-0.25, -0.2) is 0 Å². The first kappa shape index (κ1) is 28.9. The SMILES string of the molecule is O=C(C=Cc1ccc(Cl)cc1)NC[C@@H]1CCN(Cc2cc(Cl)cc(Cl)c2)C(=O)[C@H](CNC2CCCCC2)N1. The molecule has 0 spiro atoms. The maximum absolute atomic E-state index is 13.6. The first-order chi connectivity index (χ1) is 18.4. The van der Waals surface area contributed by atoms with Crippen molar-refractivity contribution in [3.05, 3.63) is 74.7 Å². The van der Waals surface area contributed by atoms with Crippen molar-refractivity contribution in [3.8, 4) is 0 Å². The summed E-state index contributed by atoms with van der Waals surface area (Å²) in [5, 5.41) is 11.9. The van der Waals surface area contributed by atoms with E-state index in [1.807, 2.05) is 29.2 Å². The zero-order valence-electron chi connectivity index (χ0n) is 21.4. The van der Waals surface area contributed by atoms with Gasteiger partial charge in [-0.1, -0.05) is 66.2 Å². The minimum absolute atomic E-state index is 0.0425. The molecular formula is C29H35Cl3N4O2. The van der Waals surface area contributed by atoms with Crippen LogP contribution in [0.25, 0.3) is 6.08 Å². The minimum atomic E-state index is -0.388. The van der Waals surface area contributed by atoms with Gasteiger partial charge in [-0.3, -0.25) is 9.59 Å². The van der Waals surface area contributed by atoms with Crippen molar-refractivity contribution in [2.75, 3.05) is 19.6 Å². The van der Waals surface area contributed by atoms with Crippen LogP contribution in [0.1, 0.15) is 49.7 Å². The number of halogens is 3. The molecule has 6 nitrogen and oxygen atoms in total. The van der Waals surface area contributed by atoms with Crippen LogP contribution in [-0.2, 0) is 16.1 Å². The molecule has 2 atom stereocenters. The molecule has 4 rings (SSSR count). The fourth-order valence-electron chi connectivity index (χ4n) is 5.09. The lowest BCUT2D eigenvalue weighted by Gasteiger charge is -2.28. The smallest absolute Gasteiger partial charge is 0.244 e. The van der Waals surface area contributed by atoms with Gasteiger partial charge in [0.15, 0.2) is 0 Å². The third-order valence-electron chi connectivity index (χ3n) is 7.13. The van der Waals surface area contributed by atoms with Gasteiger partial charge in [0.05, 0.1) is 6.04 Å². The fraction of sp³-hybridized carbons (Fsp3) is 0.448. The van der Waals surface area contributed by atoms with Gasteiger partial charge < -0.3 is 20.9 Å². The van der Waals surface area contributed by atoms with Crippen LogP contribution < -0.4 is 16.0 Å². The molecule has 1 heterocycles. The second-order valence-corrected chi connectivity index (χ2v) is 11.4. The summed E-state index contributed by atoms with van der Waals surface area (Å²) in [6.07, 6.45) is 10.0. The Bertz CT molecular complexity index is 1100. The van der Waals surface area contributed by atoms with Crippen LogP contribution in [-0.4, -0.2) is 54.5 Å². The summed E-state index contributed by atoms with van der Waals surface area (Å²) < 4.78 is 0. The third-order valence-corrected chi connectivity index (χ3v) is 7.81. The Morgan fingerprint density at radius 2 is 1.66 bits per heavy atom. The van der Waals surface area contributed by atoms with Gasteiger partial charge in [0, 0.05) is 59.4 Å². The summed E-state index contributed by atoms with van der Waals surface area (Å²) in [4.78, 5) is 28.0. The maximum atomic E-state index is 13.6. The maximum Gasteiger partial charge on any atom is 0.244 e. The minimum Gasteiger partial charge on any atom is -0.351 e. The predicted octanol–water partition coefficient (Wildman–Crippen LogP) is 5.46. The van der Waals surface area contributed by atoms with Gasteiger partial charge in [-0.15, -0.1) is 0 Å². The summed E-state index contributed by atoms with van der Waals surface area (Å²) in [7, 11) is 0. The second kappa shape index (κ2) is 14.3.